The van der Waals surface area contributed by atoms with Crippen LogP contribution in [0, 0.1) is 0 Å². The van der Waals surface area contributed by atoms with Crippen LogP contribution in [0.1, 0.15) is 19.7 Å². The molecule has 6 nitrogen and oxygen atoms in total. The van der Waals surface area contributed by atoms with Crippen LogP contribution >= 0.6 is 0 Å². The van der Waals surface area contributed by atoms with Gasteiger partial charge in [0.15, 0.2) is 0 Å². The molecule has 0 radical (unpaired) electrons. The van der Waals surface area contributed by atoms with E-state index >= 15 is 0 Å². The molecule has 108 valence electrons. The molecule has 0 unspecified atom stereocenters. The molecule has 1 aromatic heterocycles. The molecule has 1 aromatic carbocycles. The molecule has 0 atom stereocenters. The Morgan fingerprint density at radius 3 is 2.55 bits per heavy atom. The van der Waals surface area contributed by atoms with E-state index in [0.717, 1.165) is 0 Å². The van der Waals surface area contributed by atoms with E-state index in [-0.39, 0.29) is 17.5 Å². The molecule has 2 N–H and O–H groups in total. The Hall–Kier alpha value is -1.86. The summed E-state index contributed by atoms with van der Waals surface area (Å²) < 4.78 is 32.1. The van der Waals surface area contributed by atoms with E-state index in [1.54, 1.807) is 24.5 Å². The Balaban J connectivity index is 2.05. The number of nitrogens with one attached hydrogen (secondary N) is 2. The predicted octanol–water partition coefficient (Wildman–Crippen LogP) is 1.68. The van der Waals surface area contributed by atoms with Crippen LogP contribution in [0.15, 0.2) is 41.6 Å². The number of benzene rings is 1. The fraction of sp³-hybridized carbons (Fsp3) is 0.308. The maximum Gasteiger partial charge on any atom is 0.240 e. The van der Waals surface area contributed by atoms with Crippen molar-refractivity contribution in [3.63, 3.8) is 0 Å². The van der Waals surface area contributed by atoms with E-state index in [9.17, 15) is 8.42 Å². The maximum absolute atomic E-state index is 12.1. The molecule has 2 aromatic rings. The van der Waals surface area contributed by atoms with Gasteiger partial charge < -0.3 is 9.72 Å². The van der Waals surface area contributed by atoms with Crippen molar-refractivity contribution in [2.75, 3.05) is 0 Å². The average molecular weight is 295 g/mol. The van der Waals surface area contributed by atoms with Crippen molar-refractivity contribution in [2.24, 2.45) is 0 Å². The average Bonchev–Trinajstić information content (AvgIpc) is 2.89. The minimum atomic E-state index is -3.55. The Bertz CT molecular complexity index is 634. The molecule has 1 heterocycles. The molecule has 0 fully saturated rings. The van der Waals surface area contributed by atoms with Crippen molar-refractivity contribution in [3.05, 3.63) is 42.5 Å². The summed E-state index contributed by atoms with van der Waals surface area (Å²) >= 11 is 0. The van der Waals surface area contributed by atoms with Gasteiger partial charge in [-0.3, -0.25) is 0 Å². The number of ether oxygens (including phenoxy) is 1. The second-order valence-electron chi connectivity index (χ2n) is 4.50. The van der Waals surface area contributed by atoms with Crippen molar-refractivity contribution in [2.45, 2.75) is 31.4 Å². The second kappa shape index (κ2) is 6.06. The highest BCUT2D eigenvalue weighted by Crippen LogP contribution is 2.17. The SMILES string of the molecule is CC(C)Oc1ccc(S(=O)(=O)NCc2ncc[nH]2)cc1. The standard InChI is InChI=1S/C13H17N3O3S/c1-10(2)19-11-3-5-12(6-4-11)20(17,18)16-9-13-14-7-8-15-13/h3-8,10,16H,9H2,1-2H3,(H,14,15). The first kappa shape index (κ1) is 14.5. The van der Waals surface area contributed by atoms with Gasteiger partial charge in [0.25, 0.3) is 0 Å². The summed E-state index contributed by atoms with van der Waals surface area (Å²) in [5.41, 5.74) is 0. The van der Waals surface area contributed by atoms with Gasteiger partial charge in [-0.15, -0.1) is 0 Å². The van der Waals surface area contributed by atoms with Gasteiger partial charge in [0.1, 0.15) is 11.6 Å². The van der Waals surface area contributed by atoms with Gasteiger partial charge in [-0.05, 0) is 38.1 Å². The zero-order valence-corrected chi connectivity index (χ0v) is 12.1. The van der Waals surface area contributed by atoms with Gasteiger partial charge in [-0.25, -0.2) is 18.1 Å². The first-order chi connectivity index (χ1) is 9.47. The lowest BCUT2D eigenvalue weighted by Crippen LogP contribution is -2.23. The van der Waals surface area contributed by atoms with Gasteiger partial charge in [0.2, 0.25) is 10.0 Å². The quantitative estimate of drug-likeness (QED) is 0.849. The molecular weight excluding hydrogens is 278 g/mol. The first-order valence-corrected chi connectivity index (χ1v) is 7.70. The zero-order valence-electron chi connectivity index (χ0n) is 11.3. The topological polar surface area (TPSA) is 84.1 Å². The second-order valence-corrected chi connectivity index (χ2v) is 6.27. The predicted molar refractivity (Wildman–Crippen MR) is 74.8 cm³/mol. The van der Waals surface area contributed by atoms with Gasteiger partial charge >= 0.3 is 0 Å². The van der Waals surface area contributed by atoms with Gasteiger partial charge in [0, 0.05) is 12.4 Å². The molecule has 0 saturated carbocycles. The number of nitrogens with zero attached hydrogens (tertiary/aromatic N) is 1. The molecule has 0 amide bonds. The number of hydrogen-bond donors (Lipinski definition) is 2. The Morgan fingerprint density at radius 2 is 2.00 bits per heavy atom. The number of H-pyrrole nitrogens is 1. The van der Waals surface area contributed by atoms with E-state index in [0.29, 0.717) is 11.6 Å². The maximum atomic E-state index is 12.1. The molecule has 0 bridgehead atoms. The molecule has 0 saturated heterocycles. The summed E-state index contributed by atoms with van der Waals surface area (Å²) in [6, 6.07) is 6.31. The van der Waals surface area contributed by atoms with E-state index in [2.05, 4.69) is 14.7 Å². The number of rotatable bonds is 6. The van der Waals surface area contributed by atoms with Crippen molar-refractivity contribution in [1.29, 1.82) is 0 Å². The highest BCUT2D eigenvalue weighted by molar-refractivity contribution is 7.89. The van der Waals surface area contributed by atoms with E-state index in [1.807, 2.05) is 13.8 Å². The minimum Gasteiger partial charge on any atom is -0.491 e. The van der Waals surface area contributed by atoms with Crippen LogP contribution in [0.2, 0.25) is 0 Å². The van der Waals surface area contributed by atoms with E-state index < -0.39 is 10.0 Å². The van der Waals surface area contributed by atoms with Crippen molar-refractivity contribution in [1.82, 2.24) is 14.7 Å². The van der Waals surface area contributed by atoms with Crippen LogP contribution < -0.4 is 9.46 Å². The van der Waals surface area contributed by atoms with Crippen LogP contribution in [0.5, 0.6) is 5.75 Å². The third-order valence-corrected chi connectivity index (χ3v) is 3.91. The van der Waals surface area contributed by atoms with Crippen LogP contribution in [0.3, 0.4) is 0 Å². The minimum absolute atomic E-state index is 0.0505. The van der Waals surface area contributed by atoms with Crippen LogP contribution in [0.25, 0.3) is 0 Å². The fourth-order valence-corrected chi connectivity index (χ4v) is 2.60. The largest absolute Gasteiger partial charge is 0.491 e. The summed E-state index contributed by atoms with van der Waals surface area (Å²) in [4.78, 5) is 6.99. The summed E-state index contributed by atoms with van der Waals surface area (Å²) in [6.07, 6.45) is 3.26. The van der Waals surface area contributed by atoms with Crippen LogP contribution in [-0.2, 0) is 16.6 Å². The van der Waals surface area contributed by atoms with Crippen molar-refractivity contribution < 1.29 is 13.2 Å². The molecule has 20 heavy (non-hydrogen) atoms. The van der Waals surface area contributed by atoms with E-state index in [1.165, 1.54) is 12.1 Å². The number of hydrogen-bond acceptors (Lipinski definition) is 4. The molecule has 2 rings (SSSR count). The monoisotopic (exact) mass is 295 g/mol. The number of aromatic amines is 1. The first-order valence-electron chi connectivity index (χ1n) is 6.22. The number of imidazole rings is 1. The Morgan fingerprint density at radius 1 is 1.30 bits per heavy atom. The van der Waals surface area contributed by atoms with Crippen LogP contribution in [0.4, 0.5) is 0 Å². The molecular formula is C13H17N3O3S. The normalized spacial score (nSPS) is 11.8. The van der Waals surface area contributed by atoms with Gasteiger partial charge in [0.05, 0.1) is 17.5 Å². The zero-order chi connectivity index (χ0) is 14.6. The molecule has 0 aliphatic rings. The van der Waals surface area contributed by atoms with Gasteiger partial charge in [-0.1, -0.05) is 0 Å². The van der Waals surface area contributed by atoms with Crippen LogP contribution in [-0.4, -0.2) is 24.5 Å². The highest BCUT2D eigenvalue weighted by Gasteiger charge is 2.14. The lowest BCUT2D eigenvalue weighted by molar-refractivity contribution is 0.242. The summed E-state index contributed by atoms with van der Waals surface area (Å²) in [5, 5.41) is 0. The summed E-state index contributed by atoms with van der Waals surface area (Å²) in [7, 11) is -3.55. The Labute approximate surface area is 118 Å². The molecule has 0 aliphatic carbocycles. The van der Waals surface area contributed by atoms with E-state index in [4.69, 9.17) is 4.74 Å². The Kier molecular flexibility index (Phi) is 4.41. The lowest BCUT2D eigenvalue weighted by atomic mass is 10.3. The third-order valence-electron chi connectivity index (χ3n) is 2.49. The van der Waals surface area contributed by atoms with Crippen molar-refractivity contribution in [3.8, 4) is 5.75 Å². The highest BCUT2D eigenvalue weighted by atomic mass is 32.2. The molecule has 0 spiro atoms. The third kappa shape index (κ3) is 3.82. The smallest absolute Gasteiger partial charge is 0.240 e. The lowest BCUT2D eigenvalue weighted by Gasteiger charge is -2.10. The van der Waals surface area contributed by atoms with Gasteiger partial charge in [-0.2, -0.15) is 0 Å². The molecule has 7 heteroatoms. The molecule has 0 aliphatic heterocycles. The number of aromatic nitrogens is 2. The summed E-state index contributed by atoms with van der Waals surface area (Å²) in [5.74, 6) is 1.21. The summed E-state index contributed by atoms with van der Waals surface area (Å²) in [6.45, 7) is 3.95. The number of sulfonamides is 1. The van der Waals surface area contributed by atoms with Crippen molar-refractivity contribution >= 4 is 10.0 Å². The fourth-order valence-electron chi connectivity index (χ4n) is 1.61.